The Hall–Kier alpha value is -2.81. The number of benzene rings is 3. The Morgan fingerprint density at radius 3 is 2.39 bits per heavy atom. The Bertz CT molecular complexity index is 1220. The van der Waals surface area contributed by atoms with Gasteiger partial charge in [-0.1, -0.05) is 29.3 Å². The van der Waals surface area contributed by atoms with Crippen LogP contribution in [0.4, 0.5) is 15.8 Å². The molecule has 0 aliphatic carbocycles. The standard InChI is InChI=1S/C21H17Cl2FN2O4S/c1-2-30-20-17(23)4-3-5-18(20)25-21(27)13-6-11-16(22)19(12-13)26-31(28,29)15-9-7-14(24)8-10-15/h3-12,26H,2H2,1H3,(H,25,27). The molecule has 0 radical (unpaired) electrons. The van der Waals surface area contributed by atoms with Gasteiger partial charge in [0.15, 0.2) is 5.75 Å². The van der Waals surface area contributed by atoms with Crippen LogP contribution in [0.5, 0.6) is 5.75 Å². The van der Waals surface area contributed by atoms with Crippen molar-refractivity contribution in [1.29, 1.82) is 0 Å². The zero-order valence-corrected chi connectivity index (χ0v) is 18.5. The van der Waals surface area contributed by atoms with E-state index in [0.29, 0.717) is 23.1 Å². The van der Waals surface area contributed by atoms with E-state index in [4.69, 9.17) is 27.9 Å². The number of carbonyl (C=O) groups is 1. The molecule has 0 spiro atoms. The molecule has 0 aromatic heterocycles. The van der Waals surface area contributed by atoms with E-state index in [9.17, 15) is 17.6 Å². The van der Waals surface area contributed by atoms with E-state index in [2.05, 4.69) is 10.0 Å². The summed E-state index contributed by atoms with van der Waals surface area (Å²) < 4.78 is 46.0. The summed E-state index contributed by atoms with van der Waals surface area (Å²) in [5, 5.41) is 3.11. The van der Waals surface area contributed by atoms with Crippen molar-refractivity contribution in [3.8, 4) is 5.75 Å². The topological polar surface area (TPSA) is 84.5 Å². The highest BCUT2D eigenvalue weighted by Gasteiger charge is 2.18. The van der Waals surface area contributed by atoms with Crippen LogP contribution in [0.3, 0.4) is 0 Å². The molecule has 0 heterocycles. The lowest BCUT2D eigenvalue weighted by Crippen LogP contribution is -2.16. The van der Waals surface area contributed by atoms with Crippen molar-refractivity contribution in [2.24, 2.45) is 0 Å². The van der Waals surface area contributed by atoms with Crippen LogP contribution in [0.1, 0.15) is 17.3 Å². The van der Waals surface area contributed by atoms with Gasteiger partial charge >= 0.3 is 0 Å². The Labute approximate surface area is 189 Å². The normalized spacial score (nSPS) is 11.1. The molecule has 3 aromatic carbocycles. The lowest BCUT2D eigenvalue weighted by Gasteiger charge is -2.14. The summed E-state index contributed by atoms with van der Waals surface area (Å²) >= 11 is 12.2. The first kappa shape index (κ1) is 22.9. The predicted octanol–water partition coefficient (Wildman–Crippen LogP) is 5.58. The molecule has 0 bridgehead atoms. The minimum atomic E-state index is -4.04. The van der Waals surface area contributed by atoms with Crippen molar-refractivity contribution in [2.75, 3.05) is 16.6 Å². The van der Waals surface area contributed by atoms with Gasteiger partial charge in [0.25, 0.3) is 15.9 Å². The van der Waals surface area contributed by atoms with Crippen LogP contribution < -0.4 is 14.8 Å². The molecule has 0 fully saturated rings. The number of para-hydroxylation sites is 1. The van der Waals surface area contributed by atoms with E-state index in [0.717, 1.165) is 24.3 Å². The zero-order chi connectivity index (χ0) is 22.6. The largest absolute Gasteiger partial charge is 0.490 e. The van der Waals surface area contributed by atoms with Crippen LogP contribution in [-0.4, -0.2) is 20.9 Å². The second-order valence-corrected chi connectivity index (χ2v) is 8.75. The molecule has 3 rings (SSSR count). The van der Waals surface area contributed by atoms with Gasteiger partial charge in [0.2, 0.25) is 0 Å². The average molecular weight is 483 g/mol. The van der Waals surface area contributed by atoms with Crippen LogP contribution in [0, 0.1) is 5.82 Å². The third-order valence-electron chi connectivity index (χ3n) is 4.10. The van der Waals surface area contributed by atoms with Crippen LogP contribution >= 0.6 is 23.2 Å². The van der Waals surface area contributed by atoms with E-state index >= 15 is 0 Å². The quantitative estimate of drug-likeness (QED) is 0.459. The fourth-order valence-electron chi connectivity index (χ4n) is 2.65. The smallest absolute Gasteiger partial charge is 0.261 e. The number of anilines is 2. The van der Waals surface area contributed by atoms with Crippen molar-refractivity contribution in [2.45, 2.75) is 11.8 Å². The van der Waals surface area contributed by atoms with Gasteiger partial charge in [-0.15, -0.1) is 0 Å². The molecule has 0 unspecified atom stereocenters. The minimum Gasteiger partial charge on any atom is -0.490 e. The highest BCUT2D eigenvalue weighted by molar-refractivity contribution is 7.92. The van der Waals surface area contributed by atoms with Gasteiger partial charge in [-0.25, -0.2) is 12.8 Å². The maximum Gasteiger partial charge on any atom is 0.261 e. The van der Waals surface area contributed by atoms with Crippen molar-refractivity contribution in [3.63, 3.8) is 0 Å². The molecular weight excluding hydrogens is 466 g/mol. The Kier molecular flexibility index (Phi) is 7.04. The summed E-state index contributed by atoms with van der Waals surface area (Å²) in [5.41, 5.74) is 0.501. The zero-order valence-electron chi connectivity index (χ0n) is 16.2. The van der Waals surface area contributed by atoms with Crippen molar-refractivity contribution in [3.05, 3.63) is 82.1 Å². The second-order valence-electron chi connectivity index (χ2n) is 6.26. The molecule has 10 heteroatoms. The summed E-state index contributed by atoms with van der Waals surface area (Å²) in [6.07, 6.45) is 0. The number of hydrogen-bond acceptors (Lipinski definition) is 4. The molecule has 1 amide bonds. The first-order valence-corrected chi connectivity index (χ1v) is 11.3. The molecule has 0 saturated heterocycles. The fourth-order valence-corrected chi connectivity index (χ4v) is 4.18. The van der Waals surface area contributed by atoms with Crippen LogP contribution in [0.2, 0.25) is 10.0 Å². The predicted molar refractivity (Wildman–Crippen MR) is 119 cm³/mol. The number of halogens is 3. The molecular formula is C21H17Cl2FN2O4S. The number of rotatable bonds is 7. The molecule has 6 nitrogen and oxygen atoms in total. The SMILES string of the molecule is CCOc1c(Cl)cccc1NC(=O)c1ccc(Cl)c(NS(=O)(=O)c2ccc(F)cc2)c1. The monoisotopic (exact) mass is 482 g/mol. The molecule has 0 saturated carbocycles. The van der Waals surface area contributed by atoms with Gasteiger partial charge < -0.3 is 10.1 Å². The fraction of sp³-hybridized carbons (Fsp3) is 0.0952. The molecule has 2 N–H and O–H groups in total. The summed E-state index contributed by atoms with van der Waals surface area (Å²) in [5.74, 6) is -0.767. The van der Waals surface area contributed by atoms with Crippen LogP contribution in [0.15, 0.2) is 65.6 Å². The lowest BCUT2D eigenvalue weighted by atomic mass is 10.2. The van der Waals surface area contributed by atoms with E-state index < -0.39 is 21.7 Å². The number of amides is 1. The summed E-state index contributed by atoms with van der Waals surface area (Å²) in [6.45, 7) is 2.14. The third kappa shape index (κ3) is 5.46. The summed E-state index contributed by atoms with van der Waals surface area (Å²) in [7, 11) is -4.04. The first-order chi connectivity index (χ1) is 14.7. The van der Waals surface area contributed by atoms with Gasteiger partial charge in [-0.3, -0.25) is 9.52 Å². The molecule has 0 atom stereocenters. The van der Waals surface area contributed by atoms with Gasteiger partial charge in [0, 0.05) is 5.56 Å². The van der Waals surface area contributed by atoms with Crippen LogP contribution in [-0.2, 0) is 10.0 Å². The highest BCUT2D eigenvalue weighted by atomic mass is 35.5. The van der Waals surface area contributed by atoms with E-state index in [-0.39, 0.29) is 21.2 Å². The minimum absolute atomic E-state index is 0.00484. The average Bonchev–Trinajstić information content (AvgIpc) is 2.72. The number of ether oxygens (including phenoxy) is 1. The maximum atomic E-state index is 13.1. The molecule has 0 aliphatic rings. The van der Waals surface area contributed by atoms with Crippen molar-refractivity contribution < 1.29 is 22.3 Å². The molecule has 3 aromatic rings. The third-order valence-corrected chi connectivity index (χ3v) is 6.11. The Morgan fingerprint density at radius 2 is 1.71 bits per heavy atom. The molecule has 31 heavy (non-hydrogen) atoms. The van der Waals surface area contributed by atoms with Crippen molar-refractivity contribution >= 4 is 50.5 Å². The molecule has 0 aliphatic heterocycles. The van der Waals surface area contributed by atoms with Crippen molar-refractivity contribution in [1.82, 2.24) is 0 Å². The van der Waals surface area contributed by atoms with Gasteiger partial charge in [0.1, 0.15) is 5.82 Å². The number of carbonyl (C=O) groups excluding carboxylic acids is 1. The number of sulfonamides is 1. The first-order valence-electron chi connectivity index (χ1n) is 9.02. The van der Waals surface area contributed by atoms with E-state index in [1.54, 1.807) is 25.1 Å². The highest BCUT2D eigenvalue weighted by Crippen LogP contribution is 2.33. The number of nitrogens with one attached hydrogen (secondary N) is 2. The maximum absolute atomic E-state index is 13.1. The Morgan fingerprint density at radius 1 is 1.00 bits per heavy atom. The van der Waals surface area contributed by atoms with Crippen LogP contribution in [0.25, 0.3) is 0 Å². The lowest BCUT2D eigenvalue weighted by molar-refractivity contribution is 0.102. The summed E-state index contributed by atoms with van der Waals surface area (Å²) in [4.78, 5) is 12.6. The second kappa shape index (κ2) is 9.55. The number of hydrogen-bond donors (Lipinski definition) is 2. The van der Waals surface area contributed by atoms with Gasteiger partial charge in [-0.2, -0.15) is 0 Å². The van der Waals surface area contributed by atoms with E-state index in [1.165, 1.54) is 18.2 Å². The van der Waals surface area contributed by atoms with E-state index in [1.807, 2.05) is 0 Å². The van der Waals surface area contributed by atoms with Gasteiger partial charge in [-0.05, 0) is 61.5 Å². The Balaban J connectivity index is 1.87. The van der Waals surface area contributed by atoms with Gasteiger partial charge in [0.05, 0.1) is 32.9 Å². The molecule has 162 valence electrons. The summed E-state index contributed by atoms with van der Waals surface area (Å²) in [6, 6.07) is 13.3.